The average molecular weight is 966 g/mol. The molecule has 0 aliphatic heterocycles. The molecule has 1 unspecified atom stereocenters. The Hall–Kier alpha value is -2.89. The van der Waals surface area contributed by atoms with E-state index in [1.54, 1.807) is 0 Å². The van der Waals surface area contributed by atoms with E-state index in [-0.39, 0.29) is 37.5 Å². The number of rotatable bonds is 54. The summed E-state index contributed by atoms with van der Waals surface area (Å²) in [5.41, 5.74) is 0. The van der Waals surface area contributed by atoms with Crippen LogP contribution in [0.1, 0.15) is 303 Å². The van der Waals surface area contributed by atoms with Crippen LogP contribution in [-0.4, -0.2) is 37.2 Å². The van der Waals surface area contributed by atoms with Gasteiger partial charge in [-0.15, -0.1) is 0 Å². The number of hydrogen-bond donors (Lipinski definition) is 0. The second-order valence-electron chi connectivity index (χ2n) is 19.9. The maximum absolute atomic E-state index is 12.8. The first-order valence-electron chi connectivity index (χ1n) is 29.8. The van der Waals surface area contributed by atoms with Crippen LogP contribution in [0.25, 0.3) is 0 Å². The van der Waals surface area contributed by atoms with Crippen LogP contribution in [0, 0.1) is 0 Å². The minimum Gasteiger partial charge on any atom is -0.462 e. The Morgan fingerprint density at radius 3 is 0.971 bits per heavy atom. The fourth-order valence-corrected chi connectivity index (χ4v) is 8.57. The van der Waals surface area contributed by atoms with E-state index in [0.717, 1.165) is 77.0 Å². The first-order chi connectivity index (χ1) is 34.0. The molecule has 0 amide bonds. The molecule has 0 saturated carbocycles. The van der Waals surface area contributed by atoms with E-state index in [0.29, 0.717) is 19.3 Å². The molecule has 0 aromatic rings. The van der Waals surface area contributed by atoms with Gasteiger partial charge in [-0.2, -0.15) is 0 Å². The third-order valence-corrected chi connectivity index (χ3v) is 13.0. The number of carbonyl (C=O) groups excluding carboxylic acids is 3. The van der Waals surface area contributed by atoms with Crippen LogP contribution < -0.4 is 0 Å². The molecule has 0 aliphatic rings. The number of ether oxygens (including phenoxy) is 3. The van der Waals surface area contributed by atoms with Crippen LogP contribution in [0.3, 0.4) is 0 Å². The number of carbonyl (C=O) groups is 3. The highest BCUT2D eigenvalue weighted by Gasteiger charge is 2.19. The lowest BCUT2D eigenvalue weighted by Crippen LogP contribution is -2.30. The SMILES string of the molecule is CC/C=C\C/C=C\C/C=C\C/C=C\CCC(=O)OCC(COC(=O)CCCCCCCCCCCCCCCCCCCCCCCCC)OC(=O)CCCCCCC/C=C\CCCCCCCC. The standard InChI is InChI=1S/C63H112O6/c1-4-7-10-13-16-19-22-25-27-28-29-30-31-32-33-34-36-38-41-44-47-50-53-56-62(65)68-59-60(58-67-61(64)55-52-49-46-43-40-37-24-21-18-15-12-9-6-3)69-63(66)57-54-51-48-45-42-39-35-26-23-20-17-14-11-8-5-2/h9,12,18,21,26,35,37,40,46,49,60H,4-8,10-11,13-17,19-20,22-25,27-34,36,38-39,41-45,47-48,50-59H2,1-3H3/b12-9-,21-18-,35-26-,40-37-,49-46-. The van der Waals surface area contributed by atoms with Gasteiger partial charge in [0, 0.05) is 19.3 Å². The predicted octanol–water partition coefficient (Wildman–Crippen LogP) is 20.0. The van der Waals surface area contributed by atoms with E-state index < -0.39 is 6.10 Å². The van der Waals surface area contributed by atoms with Crippen molar-refractivity contribution in [2.24, 2.45) is 0 Å². The fourth-order valence-electron chi connectivity index (χ4n) is 8.57. The van der Waals surface area contributed by atoms with Gasteiger partial charge in [-0.25, -0.2) is 0 Å². The summed E-state index contributed by atoms with van der Waals surface area (Å²) < 4.78 is 16.8. The topological polar surface area (TPSA) is 78.9 Å². The summed E-state index contributed by atoms with van der Waals surface area (Å²) in [6, 6.07) is 0. The summed E-state index contributed by atoms with van der Waals surface area (Å²) in [4.78, 5) is 38.1. The van der Waals surface area contributed by atoms with Crippen molar-refractivity contribution in [1.82, 2.24) is 0 Å². The van der Waals surface area contributed by atoms with Gasteiger partial charge in [0.1, 0.15) is 13.2 Å². The van der Waals surface area contributed by atoms with Crippen molar-refractivity contribution in [3.05, 3.63) is 60.8 Å². The highest BCUT2D eigenvalue weighted by atomic mass is 16.6. The van der Waals surface area contributed by atoms with Gasteiger partial charge < -0.3 is 14.2 Å². The normalized spacial score (nSPS) is 12.4. The van der Waals surface area contributed by atoms with Crippen molar-refractivity contribution in [3.8, 4) is 0 Å². The van der Waals surface area contributed by atoms with Gasteiger partial charge in [0.05, 0.1) is 0 Å². The maximum Gasteiger partial charge on any atom is 0.306 e. The molecule has 0 aliphatic carbocycles. The van der Waals surface area contributed by atoms with E-state index in [4.69, 9.17) is 14.2 Å². The zero-order chi connectivity index (χ0) is 50.0. The summed E-state index contributed by atoms with van der Waals surface area (Å²) in [6.45, 7) is 6.48. The Bertz CT molecular complexity index is 1250. The quantitative estimate of drug-likeness (QED) is 0.0262. The van der Waals surface area contributed by atoms with Crippen LogP contribution in [0.15, 0.2) is 60.8 Å². The second kappa shape index (κ2) is 57.7. The summed E-state index contributed by atoms with van der Waals surface area (Å²) >= 11 is 0. The van der Waals surface area contributed by atoms with Gasteiger partial charge in [-0.05, 0) is 70.6 Å². The lowest BCUT2D eigenvalue weighted by molar-refractivity contribution is -0.166. The summed E-state index contributed by atoms with van der Waals surface area (Å²) in [6.07, 6.45) is 72.4. The average Bonchev–Trinajstić information content (AvgIpc) is 3.35. The zero-order valence-corrected chi connectivity index (χ0v) is 45.8. The molecule has 6 heteroatoms. The van der Waals surface area contributed by atoms with E-state index in [1.165, 1.54) is 180 Å². The van der Waals surface area contributed by atoms with E-state index in [2.05, 4.69) is 75.5 Å². The Kier molecular flexibility index (Phi) is 55.3. The van der Waals surface area contributed by atoms with Crippen molar-refractivity contribution in [2.45, 2.75) is 309 Å². The second-order valence-corrected chi connectivity index (χ2v) is 19.9. The fraction of sp³-hybridized carbons (Fsp3) is 0.794. The highest BCUT2D eigenvalue weighted by Crippen LogP contribution is 2.17. The van der Waals surface area contributed by atoms with Gasteiger partial charge in [0.15, 0.2) is 6.10 Å². The van der Waals surface area contributed by atoms with Crippen molar-refractivity contribution in [1.29, 1.82) is 0 Å². The van der Waals surface area contributed by atoms with Gasteiger partial charge in [0.2, 0.25) is 0 Å². The molecule has 0 fully saturated rings. The first kappa shape index (κ1) is 66.1. The summed E-state index contributed by atoms with van der Waals surface area (Å²) in [5.74, 6) is -0.978. The molecular weight excluding hydrogens is 853 g/mol. The van der Waals surface area contributed by atoms with Crippen LogP contribution >= 0.6 is 0 Å². The van der Waals surface area contributed by atoms with Gasteiger partial charge in [0.25, 0.3) is 0 Å². The Morgan fingerprint density at radius 2 is 0.594 bits per heavy atom. The molecule has 0 spiro atoms. The molecule has 0 N–H and O–H groups in total. The molecular formula is C63H112O6. The van der Waals surface area contributed by atoms with Gasteiger partial charge >= 0.3 is 17.9 Å². The molecule has 1 atom stereocenters. The Labute approximate surface area is 428 Å². The molecule has 0 bridgehead atoms. The molecule has 400 valence electrons. The van der Waals surface area contributed by atoms with Crippen LogP contribution in [-0.2, 0) is 28.6 Å². The third-order valence-electron chi connectivity index (χ3n) is 13.0. The zero-order valence-electron chi connectivity index (χ0n) is 45.8. The number of hydrogen-bond acceptors (Lipinski definition) is 6. The Morgan fingerprint density at radius 1 is 0.304 bits per heavy atom. The predicted molar refractivity (Wildman–Crippen MR) is 298 cm³/mol. The summed E-state index contributed by atoms with van der Waals surface area (Å²) in [7, 11) is 0. The van der Waals surface area contributed by atoms with Crippen molar-refractivity contribution in [2.75, 3.05) is 13.2 Å². The van der Waals surface area contributed by atoms with Crippen molar-refractivity contribution >= 4 is 17.9 Å². The minimum absolute atomic E-state index is 0.0968. The molecule has 0 saturated heterocycles. The molecule has 0 rings (SSSR count). The summed E-state index contributed by atoms with van der Waals surface area (Å²) in [5, 5.41) is 0. The number of allylic oxidation sites excluding steroid dienone is 10. The number of esters is 3. The molecule has 0 heterocycles. The Balaban J connectivity index is 4.32. The van der Waals surface area contributed by atoms with Crippen molar-refractivity contribution in [3.63, 3.8) is 0 Å². The first-order valence-corrected chi connectivity index (χ1v) is 29.8. The molecule has 69 heavy (non-hydrogen) atoms. The maximum atomic E-state index is 12.8. The van der Waals surface area contributed by atoms with Crippen LogP contribution in [0.5, 0.6) is 0 Å². The molecule has 0 radical (unpaired) electrons. The van der Waals surface area contributed by atoms with Gasteiger partial charge in [-0.3, -0.25) is 14.4 Å². The highest BCUT2D eigenvalue weighted by molar-refractivity contribution is 5.71. The molecule has 0 aromatic carbocycles. The van der Waals surface area contributed by atoms with Gasteiger partial charge in [-0.1, -0.05) is 274 Å². The van der Waals surface area contributed by atoms with E-state index >= 15 is 0 Å². The van der Waals surface area contributed by atoms with Crippen molar-refractivity contribution < 1.29 is 28.6 Å². The molecule has 0 aromatic heterocycles. The van der Waals surface area contributed by atoms with E-state index in [1.807, 2.05) is 6.08 Å². The molecule has 6 nitrogen and oxygen atoms in total. The van der Waals surface area contributed by atoms with Crippen LogP contribution in [0.2, 0.25) is 0 Å². The lowest BCUT2D eigenvalue weighted by atomic mass is 10.0. The smallest absolute Gasteiger partial charge is 0.306 e. The van der Waals surface area contributed by atoms with Crippen LogP contribution in [0.4, 0.5) is 0 Å². The van der Waals surface area contributed by atoms with E-state index in [9.17, 15) is 14.4 Å². The monoisotopic (exact) mass is 965 g/mol. The number of unbranched alkanes of at least 4 members (excludes halogenated alkanes) is 33. The largest absolute Gasteiger partial charge is 0.462 e. The lowest BCUT2D eigenvalue weighted by Gasteiger charge is -2.18. The third kappa shape index (κ3) is 55.9. The minimum atomic E-state index is -0.805.